The minimum atomic E-state index is 1.34. The highest BCUT2D eigenvalue weighted by Gasteiger charge is 2.06. The van der Waals surface area contributed by atoms with E-state index in [9.17, 15) is 0 Å². The molecule has 0 aliphatic rings. The number of hydrogen-bond acceptors (Lipinski definition) is 1. The van der Waals surface area contributed by atoms with Crippen LogP contribution < -0.4 is 0 Å². The standard InChI is InChI=1S/C15H14S/c1-9-4-5-12-13-7-10(2)11(3)8-15(13)16-14(12)6-9/h4-8H,1-3H3. The predicted octanol–water partition coefficient (Wildman–Crippen LogP) is 4.98. The van der Waals surface area contributed by atoms with Crippen LogP contribution in [0.5, 0.6) is 0 Å². The highest BCUT2D eigenvalue weighted by molar-refractivity contribution is 7.25. The molecule has 1 heterocycles. The summed E-state index contributed by atoms with van der Waals surface area (Å²) in [7, 11) is 0. The molecule has 0 aliphatic heterocycles. The molecule has 0 N–H and O–H groups in total. The molecular formula is C15H14S. The van der Waals surface area contributed by atoms with Crippen LogP contribution in [0.2, 0.25) is 0 Å². The van der Waals surface area contributed by atoms with Gasteiger partial charge < -0.3 is 0 Å². The number of thiophene rings is 1. The molecule has 1 aromatic heterocycles. The van der Waals surface area contributed by atoms with E-state index >= 15 is 0 Å². The van der Waals surface area contributed by atoms with E-state index in [4.69, 9.17) is 0 Å². The molecule has 0 bridgehead atoms. The van der Waals surface area contributed by atoms with Crippen molar-refractivity contribution in [3.63, 3.8) is 0 Å². The van der Waals surface area contributed by atoms with Crippen LogP contribution in [0.3, 0.4) is 0 Å². The van der Waals surface area contributed by atoms with Crippen LogP contribution in [0, 0.1) is 20.8 Å². The smallest absolute Gasteiger partial charge is 0.0358 e. The lowest BCUT2D eigenvalue weighted by Gasteiger charge is -1.99. The van der Waals surface area contributed by atoms with Crippen molar-refractivity contribution in [3.05, 3.63) is 47.0 Å². The average molecular weight is 226 g/mol. The van der Waals surface area contributed by atoms with Gasteiger partial charge in [-0.25, -0.2) is 0 Å². The van der Waals surface area contributed by atoms with Crippen LogP contribution >= 0.6 is 11.3 Å². The van der Waals surface area contributed by atoms with Gasteiger partial charge in [-0.15, -0.1) is 11.3 Å². The SMILES string of the molecule is Cc1ccc2c(c1)sc1cc(C)c(C)cc12. The van der Waals surface area contributed by atoms with Gasteiger partial charge in [-0.2, -0.15) is 0 Å². The third-order valence-corrected chi connectivity index (χ3v) is 4.36. The van der Waals surface area contributed by atoms with Gasteiger partial charge in [0, 0.05) is 20.2 Å². The summed E-state index contributed by atoms with van der Waals surface area (Å²) >= 11 is 1.90. The minimum absolute atomic E-state index is 1.34. The van der Waals surface area contributed by atoms with Gasteiger partial charge in [-0.05, 0) is 55.7 Å². The first-order chi connectivity index (χ1) is 7.65. The lowest BCUT2D eigenvalue weighted by Crippen LogP contribution is -1.78. The molecule has 3 aromatic rings. The van der Waals surface area contributed by atoms with Crippen LogP contribution in [0.25, 0.3) is 20.2 Å². The first-order valence-corrected chi connectivity index (χ1v) is 6.37. The van der Waals surface area contributed by atoms with E-state index in [0.717, 1.165) is 0 Å². The van der Waals surface area contributed by atoms with Crippen molar-refractivity contribution >= 4 is 31.5 Å². The zero-order valence-corrected chi connectivity index (χ0v) is 10.6. The van der Waals surface area contributed by atoms with Crippen LogP contribution in [0.1, 0.15) is 16.7 Å². The van der Waals surface area contributed by atoms with E-state index in [1.54, 1.807) is 0 Å². The summed E-state index contributed by atoms with van der Waals surface area (Å²) in [6, 6.07) is 11.4. The summed E-state index contributed by atoms with van der Waals surface area (Å²) in [5, 5.41) is 2.80. The Balaban J connectivity index is 2.51. The second-order valence-electron chi connectivity index (χ2n) is 4.53. The summed E-state index contributed by atoms with van der Waals surface area (Å²) in [5.74, 6) is 0. The highest BCUT2D eigenvalue weighted by Crippen LogP contribution is 2.35. The predicted molar refractivity (Wildman–Crippen MR) is 73.5 cm³/mol. The van der Waals surface area contributed by atoms with E-state index in [-0.39, 0.29) is 0 Å². The molecule has 0 unspecified atom stereocenters. The molecule has 16 heavy (non-hydrogen) atoms. The molecule has 3 rings (SSSR count). The number of rotatable bonds is 0. The first-order valence-electron chi connectivity index (χ1n) is 5.55. The number of benzene rings is 2. The van der Waals surface area contributed by atoms with Gasteiger partial charge in [0.1, 0.15) is 0 Å². The molecule has 0 radical (unpaired) electrons. The summed E-state index contributed by atoms with van der Waals surface area (Å²) in [6.45, 7) is 6.52. The normalized spacial score (nSPS) is 11.4. The first kappa shape index (κ1) is 9.86. The molecule has 0 atom stereocenters. The largest absolute Gasteiger partial charge is 0.135 e. The molecule has 2 aromatic carbocycles. The van der Waals surface area contributed by atoms with Crippen LogP contribution in [0.4, 0.5) is 0 Å². The van der Waals surface area contributed by atoms with Crippen molar-refractivity contribution in [2.24, 2.45) is 0 Å². The van der Waals surface area contributed by atoms with Crippen molar-refractivity contribution in [2.75, 3.05) is 0 Å². The Morgan fingerprint density at radius 3 is 2.25 bits per heavy atom. The molecule has 0 saturated carbocycles. The third-order valence-electron chi connectivity index (χ3n) is 3.24. The molecule has 80 valence electrons. The summed E-state index contributed by atoms with van der Waals surface area (Å²) in [4.78, 5) is 0. The minimum Gasteiger partial charge on any atom is -0.135 e. The highest BCUT2D eigenvalue weighted by atomic mass is 32.1. The lowest BCUT2D eigenvalue weighted by atomic mass is 10.1. The lowest BCUT2D eigenvalue weighted by molar-refractivity contribution is 1.37. The van der Waals surface area contributed by atoms with E-state index in [1.165, 1.54) is 36.9 Å². The second kappa shape index (κ2) is 3.33. The Hall–Kier alpha value is -1.34. The van der Waals surface area contributed by atoms with E-state index < -0.39 is 0 Å². The summed E-state index contributed by atoms with van der Waals surface area (Å²) in [6.07, 6.45) is 0. The van der Waals surface area contributed by atoms with Gasteiger partial charge >= 0.3 is 0 Å². The molecule has 0 saturated heterocycles. The molecule has 0 spiro atoms. The quantitative estimate of drug-likeness (QED) is 0.507. The molecular weight excluding hydrogens is 212 g/mol. The third kappa shape index (κ3) is 1.35. The van der Waals surface area contributed by atoms with Crippen molar-refractivity contribution in [1.82, 2.24) is 0 Å². The van der Waals surface area contributed by atoms with Crippen molar-refractivity contribution < 1.29 is 0 Å². The van der Waals surface area contributed by atoms with Crippen molar-refractivity contribution in [2.45, 2.75) is 20.8 Å². The fourth-order valence-electron chi connectivity index (χ4n) is 2.14. The van der Waals surface area contributed by atoms with Crippen molar-refractivity contribution in [3.8, 4) is 0 Å². The van der Waals surface area contributed by atoms with Gasteiger partial charge in [0.15, 0.2) is 0 Å². The topological polar surface area (TPSA) is 0 Å². The van der Waals surface area contributed by atoms with E-state index in [1.807, 2.05) is 11.3 Å². The number of aryl methyl sites for hydroxylation is 3. The van der Waals surface area contributed by atoms with Crippen LogP contribution in [-0.4, -0.2) is 0 Å². The number of hydrogen-bond donors (Lipinski definition) is 0. The Morgan fingerprint density at radius 2 is 1.44 bits per heavy atom. The monoisotopic (exact) mass is 226 g/mol. The molecule has 0 fully saturated rings. The van der Waals surface area contributed by atoms with Gasteiger partial charge in [0.05, 0.1) is 0 Å². The molecule has 1 heteroatoms. The maximum absolute atomic E-state index is 2.32. The fourth-order valence-corrected chi connectivity index (χ4v) is 3.42. The zero-order chi connectivity index (χ0) is 11.3. The fraction of sp³-hybridized carbons (Fsp3) is 0.200. The van der Waals surface area contributed by atoms with E-state index in [0.29, 0.717) is 0 Å². The van der Waals surface area contributed by atoms with Gasteiger partial charge in [0.25, 0.3) is 0 Å². The molecule has 0 nitrogen and oxygen atoms in total. The molecule has 0 aliphatic carbocycles. The average Bonchev–Trinajstić information content (AvgIpc) is 2.55. The Morgan fingerprint density at radius 1 is 0.750 bits per heavy atom. The zero-order valence-electron chi connectivity index (χ0n) is 9.79. The Labute approximate surface area is 99.5 Å². The Bertz CT molecular complexity index is 689. The van der Waals surface area contributed by atoms with E-state index in [2.05, 4.69) is 51.1 Å². The number of fused-ring (bicyclic) bond motifs is 3. The molecule has 0 amide bonds. The Kier molecular flexibility index (Phi) is 2.05. The van der Waals surface area contributed by atoms with Crippen molar-refractivity contribution in [1.29, 1.82) is 0 Å². The maximum atomic E-state index is 2.32. The summed E-state index contributed by atoms with van der Waals surface area (Å²) < 4.78 is 2.81. The van der Waals surface area contributed by atoms with Gasteiger partial charge in [-0.1, -0.05) is 12.1 Å². The van der Waals surface area contributed by atoms with Gasteiger partial charge in [0.2, 0.25) is 0 Å². The van der Waals surface area contributed by atoms with Crippen LogP contribution in [0.15, 0.2) is 30.3 Å². The van der Waals surface area contributed by atoms with Gasteiger partial charge in [-0.3, -0.25) is 0 Å². The summed E-state index contributed by atoms with van der Waals surface area (Å²) in [5.41, 5.74) is 4.11. The second-order valence-corrected chi connectivity index (χ2v) is 5.62. The van der Waals surface area contributed by atoms with Crippen LogP contribution in [-0.2, 0) is 0 Å². The maximum Gasteiger partial charge on any atom is 0.0358 e.